The molecule has 0 aliphatic carbocycles. The summed E-state index contributed by atoms with van der Waals surface area (Å²) in [5.41, 5.74) is 0. The van der Waals surface area contributed by atoms with Crippen LogP contribution in [0.4, 0.5) is 0 Å². The maximum absolute atomic E-state index is 9.77. The quantitative estimate of drug-likeness (QED) is 0.501. The molecular weight excluding hydrogens is 282 g/mol. The molecule has 9 heteroatoms. The Labute approximate surface area is 119 Å². The molecule has 21 heavy (non-hydrogen) atoms. The fraction of sp³-hybridized carbons (Fsp3) is 0.167. The van der Waals surface area contributed by atoms with Gasteiger partial charge in [-0.05, 0) is 18.2 Å². The number of aliphatic hydroxyl groups excluding tert-OH is 2. The van der Waals surface area contributed by atoms with Crippen molar-refractivity contribution in [3.05, 3.63) is 49.1 Å². The maximum Gasteiger partial charge on any atom is 0.335 e. The van der Waals surface area contributed by atoms with Crippen LogP contribution in [0.15, 0.2) is 49.1 Å². The molecule has 2 aromatic rings. The van der Waals surface area contributed by atoms with E-state index in [0.717, 1.165) is 0 Å². The first-order chi connectivity index (χ1) is 9.96. The Morgan fingerprint density at radius 1 is 0.857 bits per heavy atom. The van der Waals surface area contributed by atoms with Crippen LogP contribution >= 0.6 is 0 Å². The number of pyridine rings is 1. The average molecular weight is 297 g/mol. The highest BCUT2D eigenvalue weighted by Gasteiger charge is 2.29. The summed E-state index contributed by atoms with van der Waals surface area (Å²) in [5.74, 6) is -3.54. The van der Waals surface area contributed by atoms with Crippen molar-refractivity contribution >= 4 is 11.9 Å². The number of rotatable bonds is 3. The molecule has 0 saturated carbocycles. The van der Waals surface area contributed by atoms with Gasteiger partial charge in [-0.2, -0.15) is 5.10 Å². The molecule has 0 aliphatic rings. The van der Waals surface area contributed by atoms with Crippen LogP contribution in [-0.4, -0.2) is 59.8 Å². The molecule has 2 unspecified atom stereocenters. The van der Waals surface area contributed by atoms with Gasteiger partial charge in [-0.15, -0.1) is 0 Å². The molecule has 0 radical (unpaired) electrons. The minimum atomic E-state index is -2.27. The zero-order valence-electron chi connectivity index (χ0n) is 10.8. The Morgan fingerprint density at radius 2 is 1.38 bits per heavy atom. The fourth-order valence-electron chi connectivity index (χ4n) is 0.798. The molecular formula is C12H15N3O6. The van der Waals surface area contributed by atoms with Crippen molar-refractivity contribution in [3.63, 3.8) is 0 Å². The number of carboxylic acid groups (broad SMARTS) is 2. The summed E-state index contributed by atoms with van der Waals surface area (Å²) in [7, 11) is 0. The number of nitrogens with zero attached hydrogens (tertiary/aromatic N) is 2. The first-order valence-corrected chi connectivity index (χ1v) is 5.57. The van der Waals surface area contributed by atoms with Crippen LogP contribution in [0, 0.1) is 0 Å². The predicted molar refractivity (Wildman–Crippen MR) is 70.1 cm³/mol. The fourth-order valence-corrected chi connectivity index (χ4v) is 0.798. The second kappa shape index (κ2) is 11.1. The summed E-state index contributed by atoms with van der Waals surface area (Å²) < 4.78 is 0. The summed E-state index contributed by atoms with van der Waals surface area (Å²) in [4.78, 5) is 23.3. The van der Waals surface area contributed by atoms with Gasteiger partial charge in [0.05, 0.1) is 0 Å². The van der Waals surface area contributed by atoms with Gasteiger partial charge in [-0.3, -0.25) is 10.1 Å². The van der Waals surface area contributed by atoms with Gasteiger partial charge < -0.3 is 20.4 Å². The Hall–Kier alpha value is -2.78. The summed E-state index contributed by atoms with van der Waals surface area (Å²) in [6.45, 7) is 0. The third-order valence-electron chi connectivity index (χ3n) is 1.78. The minimum Gasteiger partial charge on any atom is -0.479 e. The van der Waals surface area contributed by atoms with E-state index in [4.69, 9.17) is 20.4 Å². The number of aliphatic hydroxyl groups is 2. The lowest BCUT2D eigenvalue weighted by atomic mass is 10.2. The molecule has 2 rings (SSSR count). The Balaban J connectivity index is 0.000000306. The molecule has 2 atom stereocenters. The van der Waals surface area contributed by atoms with Crippen LogP contribution in [0.1, 0.15) is 0 Å². The topological polar surface area (TPSA) is 157 Å². The SMILES string of the molecule is O=C(O)C(O)C(O)C(=O)O.c1ccncc1.c1cn[nH]c1. The van der Waals surface area contributed by atoms with E-state index in [1.807, 2.05) is 24.3 Å². The van der Waals surface area contributed by atoms with Crippen molar-refractivity contribution in [3.8, 4) is 0 Å². The van der Waals surface area contributed by atoms with E-state index >= 15 is 0 Å². The number of aromatic nitrogens is 3. The number of nitrogens with one attached hydrogen (secondary N) is 1. The second-order valence-electron chi connectivity index (χ2n) is 3.36. The van der Waals surface area contributed by atoms with Crippen LogP contribution in [0.5, 0.6) is 0 Å². The molecule has 0 fully saturated rings. The first-order valence-electron chi connectivity index (χ1n) is 5.57. The van der Waals surface area contributed by atoms with Gasteiger partial charge in [0.15, 0.2) is 12.2 Å². The van der Waals surface area contributed by atoms with Crippen LogP contribution in [0.25, 0.3) is 0 Å². The third-order valence-corrected chi connectivity index (χ3v) is 1.78. The van der Waals surface area contributed by atoms with Gasteiger partial charge >= 0.3 is 11.9 Å². The second-order valence-corrected chi connectivity index (χ2v) is 3.36. The van der Waals surface area contributed by atoms with Gasteiger partial charge in [0.25, 0.3) is 0 Å². The van der Waals surface area contributed by atoms with E-state index in [1.54, 1.807) is 24.8 Å². The lowest BCUT2D eigenvalue weighted by Crippen LogP contribution is -2.39. The molecule has 0 spiro atoms. The van der Waals surface area contributed by atoms with Crippen molar-refractivity contribution in [2.24, 2.45) is 0 Å². The standard InChI is InChI=1S/C5H5N.C4H6O6.C3H4N2/c1-2-4-6-5-3-1;5-1(3(7)8)2(6)4(9)10;1-2-4-5-3-1/h1-5H;1-2,5-6H,(H,7,8)(H,9,10);1-3H,(H,4,5). The van der Waals surface area contributed by atoms with Gasteiger partial charge in [0.1, 0.15) is 0 Å². The van der Waals surface area contributed by atoms with Crippen LogP contribution in [0.3, 0.4) is 0 Å². The lowest BCUT2D eigenvalue weighted by Gasteiger charge is -2.07. The number of carbonyl (C=O) groups is 2. The zero-order valence-corrected chi connectivity index (χ0v) is 10.8. The summed E-state index contributed by atoms with van der Waals surface area (Å²) in [5, 5.41) is 38.7. The third kappa shape index (κ3) is 9.76. The van der Waals surface area contributed by atoms with E-state index in [-0.39, 0.29) is 0 Å². The van der Waals surface area contributed by atoms with Crippen LogP contribution in [-0.2, 0) is 9.59 Å². The molecule has 114 valence electrons. The average Bonchev–Trinajstić information content (AvgIpc) is 3.07. The van der Waals surface area contributed by atoms with Crippen molar-refractivity contribution in [2.45, 2.75) is 12.2 Å². The van der Waals surface area contributed by atoms with Crippen LogP contribution < -0.4 is 0 Å². The van der Waals surface area contributed by atoms with E-state index in [0.29, 0.717) is 0 Å². The van der Waals surface area contributed by atoms with E-state index < -0.39 is 24.1 Å². The van der Waals surface area contributed by atoms with Crippen molar-refractivity contribution in [2.75, 3.05) is 0 Å². The molecule has 0 aromatic carbocycles. The van der Waals surface area contributed by atoms with Crippen molar-refractivity contribution in [1.29, 1.82) is 0 Å². The Morgan fingerprint density at radius 3 is 1.52 bits per heavy atom. The van der Waals surface area contributed by atoms with Crippen molar-refractivity contribution < 1.29 is 30.0 Å². The molecule has 9 nitrogen and oxygen atoms in total. The predicted octanol–water partition coefficient (Wildman–Crippen LogP) is -0.631. The summed E-state index contributed by atoms with van der Waals surface area (Å²) >= 11 is 0. The number of aliphatic carboxylic acids is 2. The van der Waals surface area contributed by atoms with E-state index in [9.17, 15) is 9.59 Å². The van der Waals surface area contributed by atoms with E-state index in [1.165, 1.54) is 0 Å². The molecule has 0 saturated heterocycles. The van der Waals surface area contributed by atoms with Gasteiger partial charge in [-0.25, -0.2) is 9.59 Å². The molecule has 0 aliphatic heterocycles. The molecule has 2 aromatic heterocycles. The first kappa shape index (κ1) is 18.2. The van der Waals surface area contributed by atoms with Crippen LogP contribution in [0.2, 0.25) is 0 Å². The molecule has 0 bridgehead atoms. The molecule has 5 N–H and O–H groups in total. The summed E-state index contributed by atoms with van der Waals surface area (Å²) in [6, 6.07) is 7.55. The Bertz CT molecular complexity index is 429. The monoisotopic (exact) mass is 297 g/mol. The van der Waals surface area contributed by atoms with Gasteiger partial charge in [-0.1, -0.05) is 6.07 Å². The Kier molecular flexibility index (Phi) is 9.61. The number of aromatic amines is 1. The molecule has 0 amide bonds. The zero-order chi connectivity index (χ0) is 16.1. The highest BCUT2D eigenvalue weighted by atomic mass is 16.4. The smallest absolute Gasteiger partial charge is 0.335 e. The number of carboxylic acids is 2. The highest BCUT2D eigenvalue weighted by molar-refractivity contribution is 5.83. The lowest BCUT2D eigenvalue weighted by molar-refractivity contribution is -0.165. The highest BCUT2D eigenvalue weighted by Crippen LogP contribution is 1.92. The maximum atomic E-state index is 9.77. The molecule has 2 heterocycles. The number of hydrogen-bond donors (Lipinski definition) is 5. The normalized spacial score (nSPS) is 11.7. The van der Waals surface area contributed by atoms with E-state index in [2.05, 4.69) is 15.2 Å². The number of H-pyrrole nitrogens is 1. The number of hydrogen-bond acceptors (Lipinski definition) is 6. The summed E-state index contributed by atoms with van der Waals surface area (Å²) in [6.07, 6.45) is 2.43. The van der Waals surface area contributed by atoms with Crippen molar-refractivity contribution in [1.82, 2.24) is 15.2 Å². The van der Waals surface area contributed by atoms with Gasteiger partial charge in [0, 0.05) is 24.8 Å². The van der Waals surface area contributed by atoms with Gasteiger partial charge in [0.2, 0.25) is 0 Å². The largest absolute Gasteiger partial charge is 0.479 e. The minimum absolute atomic E-state index is 1.69.